The summed E-state index contributed by atoms with van der Waals surface area (Å²) in [5.41, 5.74) is 5.21. The maximum Gasteiger partial charge on any atom is 0.258 e. The van der Waals surface area contributed by atoms with Gasteiger partial charge in [0.1, 0.15) is 6.04 Å². The van der Waals surface area contributed by atoms with Crippen molar-refractivity contribution in [3.63, 3.8) is 0 Å². The zero-order chi connectivity index (χ0) is 8.43. The quantitative estimate of drug-likeness (QED) is 0.737. The van der Waals surface area contributed by atoms with Gasteiger partial charge >= 0.3 is 0 Å². The van der Waals surface area contributed by atoms with Crippen molar-refractivity contribution in [3.05, 3.63) is 21.9 Å². The van der Waals surface area contributed by atoms with Crippen LogP contribution in [0.4, 0.5) is 8.78 Å². The molecule has 1 heterocycles. The molecule has 1 nitrogen and oxygen atoms in total. The van der Waals surface area contributed by atoms with E-state index in [2.05, 4.69) is 0 Å². The first-order chi connectivity index (χ1) is 5.11. The summed E-state index contributed by atoms with van der Waals surface area (Å²) in [7, 11) is 0. The van der Waals surface area contributed by atoms with Crippen LogP contribution >= 0.6 is 11.3 Å². The summed E-state index contributed by atoms with van der Waals surface area (Å²) < 4.78 is 24.0. The van der Waals surface area contributed by atoms with Gasteiger partial charge in [0.15, 0.2) is 0 Å². The molecular formula is C7H9F2NS. The Morgan fingerprint density at radius 3 is 2.45 bits per heavy atom. The van der Waals surface area contributed by atoms with Crippen LogP contribution in [0.3, 0.4) is 0 Å². The van der Waals surface area contributed by atoms with E-state index in [1.54, 1.807) is 12.1 Å². The molecule has 0 radical (unpaired) electrons. The molecule has 0 aliphatic rings. The molecule has 11 heavy (non-hydrogen) atoms. The number of nitrogens with two attached hydrogens (primary N) is 1. The van der Waals surface area contributed by atoms with Crippen LogP contribution in [0, 0.1) is 6.92 Å². The molecule has 0 aliphatic carbocycles. The summed E-state index contributed by atoms with van der Waals surface area (Å²) in [6.45, 7) is 1.87. The predicted molar refractivity (Wildman–Crippen MR) is 42.0 cm³/mol. The summed E-state index contributed by atoms with van der Waals surface area (Å²) in [5, 5.41) is 0. The van der Waals surface area contributed by atoms with Crippen molar-refractivity contribution in [2.75, 3.05) is 0 Å². The largest absolute Gasteiger partial charge is 0.319 e. The Morgan fingerprint density at radius 1 is 1.45 bits per heavy atom. The first-order valence-corrected chi connectivity index (χ1v) is 4.03. The standard InChI is InChI=1S/C7H9F2NS/c1-4-2-3-5(11-4)6(10)7(8)9/h2-3,6-7H,10H2,1H3/t6-/m1/s1. The minimum absolute atomic E-state index is 0.553. The van der Waals surface area contributed by atoms with E-state index in [1.807, 2.05) is 6.92 Å². The number of hydrogen-bond acceptors (Lipinski definition) is 2. The molecular weight excluding hydrogens is 168 g/mol. The van der Waals surface area contributed by atoms with Crippen LogP contribution in [0.25, 0.3) is 0 Å². The topological polar surface area (TPSA) is 26.0 Å². The summed E-state index contributed by atoms with van der Waals surface area (Å²) in [6, 6.07) is 2.33. The minimum atomic E-state index is -2.46. The van der Waals surface area contributed by atoms with Gasteiger partial charge in [0.05, 0.1) is 0 Å². The van der Waals surface area contributed by atoms with Gasteiger partial charge in [0.2, 0.25) is 0 Å². The SMILES string of the molecule is Cc1ccc([C@@H](N)C(F)F)s1. The lowest BCUT2D eigenvalue weighted by molar-refractivity contribution is 0.118. The van der Waals surface area contributed by atoms with E-state index in [-0.39, 0.29) is 0 Å². The second-order valence-electron chi connectivity index (χ2n) is 2.31. The lowest BCUT2D eigenvalue weighted by Gasteiger charge is -2.06. The van der Waals surface area contributed by atoms with Crippen LogP contribution < -0.4 is 5.73 Å². The zero-order valence-corrected chi connectivity index (χ0v) is 6.87. The highest BCUT2D eigenvalue weighted by atomic mass is 32.1. The van der Waals surface area contributed by atoms with E-state index in [9.17, 15) is 8.78 Å². The van der Waals surface area contributed by atoms with Gasteiger partial charge in [-0.15, -0.1) is 11.3 Å². The van der Waals surface area contributed by atoms with E-state index in [1.165, 1.54) is 11.3 Å². The normalized spacial score (nSPS) is 13.9. The van der Waals surface area contributed by atoms with Crippen LogP contribution in [0.15, 0.2) is 12.1 Å². The Hall–Kier alpha value is -0.480. The van der Waals surface area contributed by atoms with Crippen LogP contribution in [-0.4, -0.2) is 6.43 Å². The molecule has 1 rings (SSSR count). The molecule has 0 saturated heterocycles. The number of alkyl halides is 2. The average Bonchev–Trinajstić information content (AvgIpc) is 2.34. The Morgan fingerprint density at radius 2 is 2.09 bits per heavy atom. The van der Waals surface area contributed by atoms with Crippen molar-refractivity contribution >= 4 is 11.3 Å². The Labute approximate surface area is 67.8 Å². The summed E-state index contributed by atoms with van der Waals surface area (Å²) >= 11 is 1.32. The van der Waals surface area contributed by atoms with Crippen molar-refractivity contribution in [1.29, 1.82) is 0 Å². The Kier molecular flexibility index (Phi) is 2.57. The molecule has 0 saturated carbocycles. The van der Waals surface area contributed by atoms with Gasteiger partial charge in [-0.1, -0.05) is 0 Å². The fourth-order valence-electron chi connectivity index (χ4n) is 0.757. The summed E-state index contributed by atoms with van der Waals surface area (Å²) in [4.78, 5) is 1.56. The van der Waals surface area contributed by atoms with Crippen LogP contribution in [0.2, 0.25) is 0 Å². The van der Waals surface area contributed by atoms with Crippen LogP contribution in [0.5, 0.6) is 0 Å². The number of aryl methyl sites for hydroxylation is 1. The third-order valence-corrected chi connectivity index (χ3v) is 2.46. The number of halogens is 2. The van der Waals surface area contributed by atoms with Gasteiger partial charge in [-0.3, -0.25) is 0 Å². The molecule has 0 bridgehead atoms. The molecule has 0 aromatic carbocycles. The molecule has 0 spiro atoms. The van der Waals surface area contributed by atoms with Gasteiger partial charge in [-0.05, 0) is 19.1 Å². The molecule has 1 aromatic heterocycles. The van der Waals surface area contributed by atoms with Gasteiger partial charge < -0.3 is 5.73 Å². The summed E-state index contributed by atoms with van der Waals surface area (Å²) in [5.74, 6) is 0. The maximum atomic E-state index is 12.0. The van der Waals surface area contributed by atoms with Gasteiger partial charge in [-0.2, -0.15) is 0 Å². The number of thiophene rings is 1. The molecule has 0 amide bonds. The number of hydrogen-bond donors (Lipinski definition) is 1. The van der Waals surface area contributed by atoms with Crippen molar-refractivity contribution in [3.8, 4) is 0 Å². The highest BCUT2D eigenvalue weighted by Gasteiger charge is 2.18. The van der Waals surface area contributed by atoms with Crippen LogP contribution in [0.1, 0.15) is 15.8 Å². The second-order valence-corrected chi connectivity index (χ2v) is 3.63. The van der Waals surface area contributed by atoms with Gasteiger partial charge in [0, 0.05) is 9.75 Å². The second kappa shape index (κ2) is 3.28. The first-order valence-electron chi connectivity index (χ1n) is 3.21. The van der Waals surface area contributed by atoms with Crippen molar-refractivity contribution < 1.29 is 8.78 Å². The minimum Gasteiger partial charge on any atom is -0.319 e. The zero-order valence-electron chi connectivity index (χ0n) is 6.05. The highest BCUT2D eigenvalue weighted by Crippen LogP contribution is 2.24. The molecule has 2 N–H and O–H groups in total. The molecule has 0 unspecified atom stereocenters. The van der Waals surface area contributed by atoms with E-state index < -0.39 is 12.5 Å². The predicted octanol–water partition coefficient (Wildman–Crippen LogP) is 2.32. The molecule has 62 valence electrons. The molecule has 0 aliphatic heterocycles. The lowest BCUT2D eigenvalue weighted by Crippen LogP contribution is -2.17. The van der Waals surface area contributed by atoms with E-state index in [0.29, 0.717) is 4.88 Å². The van der Waals surface area contributed by atoms with E-state index >= 15 is 0 Å². The van der Waals surface area contributed by atoms with Crippen molar-refractivity contribution in [2.45, 2.75) is 19.4 Å². The van der Waals surface area contributed by atoms with Gasteiger partial charge in [-0.25, -0.2) is 8.78 Å². The van der Waals surface area contributed by atoms with Gasteiger partial charge in [0.25, 0.3) is 6.43 Å². The maximum absolute atomic E-state index is 12.0. The monoisotopic (exact) mass is 177 g/mol. The van der Waals surface area contributed by atoms with Crippen molar-refractivity contribution in [2.24, 2.45) is 5.73 Å². The van der Waals surface area contributed by atoms with Crippen molar-refractivity contribution in [1.82, 2.24) is 0 Å². The average molecular weight is 177 g/mol. The molecule has 1 aromatic rings. The highest BCUT2D eigenvalue weighted by molar-refractivity contribution is 7.12. The van der Waals surface area contributed by atoms with E-state index in [4.69, 9.17) is 5.73 Å². The molecule has 4 heteroatoms. The third-order valence-electron chi connectivity index (χ3n) is 1.36. The Bertz CT molecular complexity index is 234. The smallest absolute Gasteiger partial charge is 0.258 e. The lowest BCUT2D eigenvalue weighted by atomic mass is 10.3. The Balaban J connectivity index is 2.76. The van der Waals surface area contributed by atoms with E-state index in [0.717, 1.165) is 4.88 Å². The van der Waals surface area contributed by atoms with Crippen LogP contribution in [-0.2, 0) is 0 Å². The summed E-state index contributed by atoms with van der Waals surface area (Å²) in [6.07, 6.45) is -2.46. The first kappa shape index (κ1) is 8.62. The third kappa shape index (κ3) is 1.97. The molecule has 1 atom stereocenters. The fraction of sp³-hybridized carbons (Fsp3) is 0.429. The fourth-order valence-corrected chi connectivity index (χ4v) is 1.64. The number of rotatable bonds is 2. The molecule has 0 fully saturated rings.